The average molecular weight is 330 g/mol. The average Bonchev–Trinajstić information content (AvgIpc) is 2.54. The number of carbonyl (C=O) groups is 1. The first kappa shape index (κ1) is 17.1. The quantitative estimate of drug-likeness (QED) is 0.562. The van der Waals surface area contributed by atoms with Gasteiger partial charge in [0.05, 0.1) is 6.61 Å². The monoisotopic (exact) mass is 329 g/mol. The van der Waals surface area contributed by atoms with E-state index in [4.69, 9.17) is 16.3 Å². The molecule has 0 aliphatic carbocycles. The second-order valence-corrected chi connectivity index (χ2v) is 5.51. The van der Waals surface area contributed by atoms with Gasteiger partial charge in [-0.05, 0) is 36.8 Å². The Morgan fingerprint density at radius 2 is 2.04 bits per heavy atom. The van der Waals surface area contributed by atoms with Gasteiger partial charge in [-0.1, -0.05) is 49.2 Å². The Morgan fingerprint density at radius 1 is 1.22 bits per heavy atom. The molecule has 23 heavy (non-hydrogen) atoms. The lowest BCUT2D eigenvalue weighted by Gasteiger charge is -2.08. The molecule has 2 rings (SSSR count). The normalized spacial score (nSPS) is 10.7. The number of carbonyl (C=O) groups excluding carboxylic acids is 1. The van der Waals surface area contributed by atoms with E-state index >= 15 is 0 Å². The largest absolute Gasteiger partial charge is 0.493 e. The summed E-state index contributed by atoms with van der Waals surface area (Å²) in [6, 6.07) is 14.7. The van der Waals surface area contributed by atoms with E-state index < -0.39 is 0 Å². The van der Waals surface area contributed by atoms with Crippen LogP contribution in [-0.2, 0) is 4.79 Å². The highest BCUT2D eigenvalue weighted by Crippen LogP contribution is 2.20. The molecule has 0 atom stereocenters. The number of unbranched alkanes of at least 4 members (excludes halogenated alkanes) is 1. The van der Waals surface area contributed by atoms with E-state index in [9.17, 15) is 4.79 Å². The highest BCUT2D eigenvalue weighted by molar-refractivity contribution is 6.30. The van der Waals surface area contributed by atoms with Crippen molar-refractivity contribution in [3.8, 4) is 5.75 Å². The van der Waals surface area contributed by atoms with Crippen molar-refractivity contribution >= 4 is 29.3 Å². The van der Waals surface area contributed by atoms with Crippen LogP contribution >= 0.6 is 11.6 Å². The zero-order valence-corrected chi connectivity index (χ0v) is 13.8. The van der Waals surface area contributed by atoms with Gasteiger partial charge in [0.25, 0.3) is 0 Å². The fourth-order valence-corrected chi connectivity index (χ4v) is 2.18. The van der Waals surface area contributed by atoms with Crippen LogP contribution in [0.2, 0.25) is 5.02 Å². The maximum Gasteiger partial charge on any atom is 0.248 e. The molecule has 1 amide bonds. The van der Waals surface area contributed by atoms with Gasteiger partial charge in [-0.2, -0.15) is 0 Å². The summed E-state index contributed by atoms with van der Waals surface area (Å²) in [5, 5.41) is 3.36. The van der Waals surface area contributed by atoms with Crippen LogP contribution in [0.15, 0.2) is 54.6 Å². The number of nitrogens with one attached hydrogen (secondary N) is 1. The van der Waals surface area contributed by atoms with Crippen molar-refractivity contribution in [1.82, 2.24) is 0 Å². The van der Waals surface area contributed by atoms with Crippen molar-refractivity contribution < 1.29 is 9.53 Å². The van der Waals surface area contributed by atoms with Crippen molar-refractivity contribution in [3.05, 3.63) is 65.2 Å². The molecule has 1 N–H and O–H groups in total. The number of anilines is 1. The van der Waals surface area contributed by atoms with E-state index in [0.29, 0.717) is 17.3 Å². The van der Waals surface area contributed by atoms with Crippen LogP contribution in [-0.4, -0.2) is 12.5 Å². The SMILES string of the molecule is CCCCOc1ccccc1/C=C/C(=O)Nc1cccc(Cl)c1. The van der Waals surface area contributed by atoms with Crippen molar-refractivity contribution in [1.29, 1.82) is 0 Å². The van der Waals surface area contributed by atoms with Gasteiger partial charge in [0.2, 0.25) is 5.91 Å². The molecule has 0 unspecified atom stereocenters. The Bertz CT molecular complexity index is 683. The fourth-order valence-electron chi connectivity index (χ4n) is 1.99. The minimum absolute atomic E-state index is 0.212. The lowest BCUT2D eigenvalue weighted by atomic mass is 10.2. The van der Waals surface area contributed by atoms with Crippen LogP contribution < -0.4 is 10.1 Å². The number of rotatable bonds is 7. The van der Waals surface area contributed by atoms with E-state index in [1.807, 2.05) is 24.3 Å². The predicted molar refractivity (Wildman–Crippen MR) is 96.0 cm³/mol. The molecule has 0 heterocycles. The maximum atomic E-state index is 12.0. The molecule has 0 aromatic heterocycles. The number of benzene rings is 2. The maximum absolute atomic E-state index is 12.0. The van der Waals surface area contributed by atoms with Crippen molar-refractivity contribution in [2.75, 3.05) is 11.9 Å². The number of amides is 1. The zero-order valence-electron chi connectivity index (χ0n) is 13.1. The molecule has 0 bridgehead atoms. The molecule has 0 saturated carbocycles. The third kappa shape index (κ3) is 5.80. The van der Waals surface area contributed by atoms with Gasteiger partial charge in [-0.25, -0.2) is 0 Å². The summed E-state index contributed by atoms with van der Waals surface area (Å²) in [4.78, 5) is 12.0. The van der Waals surface area contributed by atoms with Crippen molar-refractivity contribution in [2.45, 2.75) is 19.8 Å². The molecule has 2 aromatic rings. The third-order valence-corrected chi connectivity index (χ3v) is 3.42. The Morgan fingerprint density at radius 3 is 2.83 bits per heavy atom. The first-order valence-corrected chi connectivity index (χ1v) is 8.03. The Labute approximate surface area is 141 Å². The number of hydrogen-bond acceptors (Lipinski definition) is 2. The number of hydrogen-bond donors (Lipinski definition) is 1. The predicted octanol–water partition coefficient (Wildman–Crippen LogP) is 5.17. The topological polar surface area (TPSA) is 38.3 Å². The van der Waals surface area contributed by atoms with Crippen molar-refractivity contribution in [3.63, 3.8) is 0 Å². The van der Waals surface area contributed by atoms with Crippen LogP contribution in [0.4, 0.5) is 5.69 Å². The molecule has 120 valence electrons. The van der Waals surface area contributed by atoms with Gasteiger partial charge in [-0.3, -0.25) is 4.79 Å². The molecule has 0 aliphatic rings. The molecule has 0 spiro atoms. The summed E-state index contributed by atoms with van der Waals surface area (Å²) >= 11 is 5.90. The van der Waals surface area contributed by atoms with Gasteiger partial charge >= 0.3 is 0 Å². The second kappa shape index (κ2) is 9.01. The summed E-state index contributed by atoms with van der Waals surface area (Å²) in [6.07, 6.45) is 5.33. The van der Waals surface area contributed by atoms with Crippen molar-refractivity contribution in [2.24, 2.45) is 0 Å². The van der Waals surface area contributed by atoms with E-state index in [0.717, 1.165) is 24.2 Å². The molecule has 4 heteroatoms. The molecule has 3 nitrogen and oxygen atoms in total. The number of para-hydroxylation sites is 1. The molecular weight excluding hydrogens is 310 g/mol. The summed E-state index contributed by atoms with van der Waals surface area (Å²) in [5.74, 6) is 0.573. The highest BCUT2D eigenvalue weighted by Gasteiger charge is 2.02. The lowest BCUT2D eigenvalue weighted by molar-refractivity contribution is -0.111. The van der Waals surface area contributed by atoms with E-state index in [1.54, 1.807) is 30.3 Å². The first-order chi connectivity index (χ1) is 11.2. The molecule has 0 saturated heterocycles. The second-order valence-electron chi connectivity index (χ2n) is 5.07. The summed E-state index contributed by atoms with van der Waals surface area (Å²) in [5.41, 5.74) is 1.55. The van der Waals surface area contributed by atoms with Crippen LogP contribution in [0, 0.1) is 0 Å². The number of ether oxygens (including phenoxy) is 1. The van der Waals surface area contributed by atoms with E-state index in [-0.39, 0.29) is 5.91 Å². The van der Waals surface area contributed by atoms with E-state index in [2.05, 4.69) is 12.2 Å². The highest BCUT2D eigenvalue weighted by atomic mass is 35.5. The lowest BCUT2D eigenvalue weighted by Crippen LogP contribution is -2.07. The minimum atomic E-state index is -0.212. The zero-order chi connectivity index (χ0) is 16.5. The molecule has 0 fully saturated rings. The van der Waals surface area contributed by atoms with Gasteiger partial charge in [0, 0.05) is 22.3 Å². The smallest absolute Gasteiger partial charge is 0.248 e. The summed E-state index contributed by atoms with van der Waals surface area (Å²) in [7, 11) is 0. The van der Waals surface area contributed by atoms with Gasteiger partial charge in [-0.15, -0.1) is 0 Å². The molecular formula is C19H20ClNO2. The Kier molecular flexibility index (Phi) is 6.70. The minimum Gasteiger partial charge on any atom is -0.493 e. The van der Waals surface area contributed by atoms with Gasteiger partial charge in [0.15, 0.2) is 0 Å². The summed E-state index contributed by atoms with van der Waals surface area (Å²) in [6.45, 7) is 2.80. The van der Waals surface area contributed by atoms with Crippen LogP contribution in [0.5, 0.6) is 5.75 Å². The molecule has 2 aromatic carbocycles. The first-order valence-electron chi connectivity index (χ1n) is 7.65. The standard InChI is InChI=1S/C19H20ClNO2/c1-2-3-13-23-18-10-5-4-7-15(18)11-12-19(22)21-17-9-6-8-16(20)14-17/h4-12,14H,2-3,13H2,1H3,(H,21,22)/b12-11+. The fraction of sp³-hybridized carbons (Fsp3) is 0.211. The number of halogens is 1. The summed E-state index contributed by atoms with van der Waals surface area (Å²) < 4.78 is 5.74. The Hall–Kier alpha value is -2.26. The Balaban J connectivity index is 2.00. The van der Waals surface area contributed by atoms with E-state index in [1.165, 1.54) is 6.08 Å². The van der Waals surface area contributed by atoms with Gasteiger partial charge in [0.1, 0.15) is 5.75 Å². The van der Waals surface area contributed by atoms with Crippen LogP contribution in [0.3, 0.4) is 0 Å². The third-order valence-electron chi connectivity index (χ3n) is 3.18. The van der Waals surface area contributed by atoms with Gasteiger partial charge < -0.3 is 10.1 Å². The van der Waals surface area contributed by atoms with Crippen LogP contribution in [0.25, 0.3) is 6.08 Å². The van der Waals surface area contributed by atoms with Crippen LogP contribution in [0.1, 0.15) is 25.3 Å². The molecule has 0 radical (unpaired) electrons. The molecule has 0 aliphatic heterocycles.